The molecule has 8 rings (SSSR count). The fourth-order valence-corrected chi connectivity index (χ4v) is 8.51. The smallest absolute Gasteiger partial charge is 0.258 e. The number of benzene rings is 5. The van der Waals surface area contributed by atoms with Crippen molar-refractivity contribution in [2.75, 3.05) is 37.0 Å². The molecule has 3 heterocycles. The van der Waals surface area contributed by atoms with Gasteiger partial charge in [-0.2, -0.15) is 0 Å². The molecule has 2 amide bonds. The number of hydrogen-bond acceptors (Lipinski definition) is 9. The molecule has 1 aliphatic heterocycles. The van der Waals surface area contributed by atoms with Crippen LogP contribution in [0.3, 0.4) is 0 Å². The van der Waals surface area contributed by atoms with Gasteiger partial charge in [0, 0.05) is 59.1 Å². The average Bonchev–Trinajstić information content (AvgIpc) is 3.69. The molecule has 0 radical (unpaired) electrons. The summed E-state index contributed by atoms with van der Waals surface area (Å²) in [5, 5.41) is 29.1. The van der Waals surface area contributed by atoms with E-state index in [0.717, 1.165) is 77.6 Å². The van der Waals surface area contributed by atoms with Gasteiger partial charge in [0.15, 0.2) is 0 Å². The van der Waals surface area contributed by atoms with E-state index in [1.54, 1.807) is 19.2 Å². The number of carbonyl (C=O) groups excluding carboxylic acids is 2. The number of aliphatic hydroxyl groups is 1. The van der Waals surface area contributed by atoms with E-state index in [1.165, 1.54) is 29.5 Å². The number of aryl methyl sites for hydroxylation is 2. The number of carbonyl (C=O) groups is 2. The Labute approximate surface area is 359 Å². The van der Waals surface area contributed by atoms with E-state index in [4.69, 9.17) is 10.5 Å². The van der Waals surface area contributed by atoms with Crippen LogP contribution in [0.15, 0.2) is 114 Å². The van der Waals surface area contributed by atoms with Crippen molar-refractivity contribution < 1.29 is 24.5 Å². The highest BCUT2D eigenvalue weighted by Crippen LogP contribution is 2.35. The van der Waals surface area contributed by atoms with Gasteiger partial charge in [-0.25, -0.2) is 0 Å². The Kier molecular flexibility index (Phi) is 12.3. The summed E-state index contributed by atoms with van der Waals surface area (Å²) in [4.78, 5) is 47.4. The maximum atomic E-state index is 14.0. The van der Waals surface area contributed by atoms with Gasteiger partial charge in [-0.05, 0) is 127 Å². The van der Waals surface area contributed by atoms with E-state index in [1.807, 2.05) is 66.4 Å². The van der Waals surface area contributed by atoms with Crippen LogP contribution in [0.2, 0.25) is 0 Å². The number of unbranched alkanes of at least 4 members (excludes halogenated alkanes) is 2. The first kappa shape index (κ1) is 41.7. The predicted octanol–water partition coefficient (Wildman–Crippen LogP) is 7.77. The number of nitrogens with one attached hydrogen (secondary N) is 3. The number of nitrogens with two attached hydrogens (primary N) is 1. The average molecular weight is 831 g/mol. The lowest BCUT2D eigenvalue weighted by Crippen LogP contribution is -2.28. The number of amides is 2. The number of aliphatic hydroxyl groups excluding tert-OH is 1. The molecule has 12 heteroatoms. The minimum atomic E-state index is -0.784. The van der Waals surface area contributed by atoms with Crippen molar-refractivity contribution in [3.05, 3.63) is 164 Å². The van der Waals surface area contributed by atoms with Crippen molar-refractivity contribution in [3.8, 4) is 11.5 Å². The number of pyridine rings is 2. The van der Waals surface area contributed by atoms with Gasteiger partial charge in [-0.3, -0.25) is 19.4 Å². The minimum Gasteiger partial charge on any atom is -0.506 e. The molecule has 0 unspecified atom stereocenters. The second-order valence-corrected chi connectivity index (χ2v) is 15.9. The zero-order valence-electron chi connectivity index (χ0n) is 34.8. The van der Waals surface area contributed by atoms with Gasteiger partial charge < -0.3 is 41.2 Å². The number of methoxy groups -OCH3 is 1. The SMILES string of the molecule is COc1cccc(Nc2c(C(N)=O)cnc3c(C)cc(Cc4cccc(C(=O)N5CCc6cc(CCCCCNC[C@H](O)c7ccc(O)c8[nH]c(=O)ccc78)ccc65)c4)cc23)c1. The zero-order chi connectivity index (χ0) is 43.3. The van der Waals surface area contributed by atoms with Crippen LogP contribution >= 0.6 is 0 Å². The molecule has 62 heavy (non-hydrogen) atoms. The first-order valence-corrected chi connectivity index (χ1v) is 21.0. The van der Waals surface area contributed by atoms with Crippen LogP contribution < -0.4 is 31.6 Å². The van der Waals surface area contributed by atoms with E-state index in [0.29, 0.717) is 53.0 Å². The highest BCUT2D eigenvalue weighted by molar-refractivity contribution is 6.09. The fourth-order valence-electron chi connectivity index (χ4n) is 8.51. The molecule has 1 atom stereocenters. The topological polar surface area (TPSA) is 183 Å². The maximum absolute atomic E-state index is 14.0. The Balaban J connectivity index is 0.870. The summed E-state index contributed by atoms with van der Waals surface area (Å²) >= 11 is 0. The highest BCUT2D eigenvalue weighted by Gasteiger charge is 2.26. The Hall–Kier alpha value is -7.02. The highest BCUT2D eigenvalue weighted by atomic mass is 16.5. The van der Waals surface area contributed by atoms with Crippen molar-refractivity contribution in [1.82, 2.24) is 15.3 Å². The van der Waals surface area contributed by atoms with Crippen molar-refractivity contribution in [2.45, 2.75) is 51.6 Å². The minimum absolute atomic E-state index is 0.0279. The molecule has 5 aromatic carbocycles. The van der Waals surface area contributed by atoms with Crippen LogP contribution in [0.4, 0.5) is 17.1 Å². The van der Waals surface area contributed by atoms with Gasteiger partial charge in [0.2, 0.25) is 5.56 Å². The molecule has 0 bridgehead atoms. The van der Waals surface area contributed by atoms with Crippen LogP contribution in [0.1, 0.15) is 79.5 Å². The normalized spacial score (nSPS) is 12.7. The molecular formula is C50H50N6O6. The maximum Gasteiger partial charge on any atom is 0.258 e. The van der Waals surface area contributed by atoms with Crippen molar-refractivity contribution in [1.29, 1.82) is 0 Å². The first-order valence-electron chi connectivity index (χ1n) is 21.0. The van der Waals surface area contributed by atoms with Crippen LogP contribution in [-0.4, -0.2) is 58.7 Å². The van der Waals surface area contributed by atoms with Gasteiger partial charge in [0.25, 0.3) is 11.8 Å². The van der Waals surface area contributed by atoms with Crippen LogP contribution in [0, 0.1) is 6.92 Å². The number of H-pyrrole nitrogens is 1. The standard InChI is InChI=1S/C50H50N6O6/c1-30-22-33(26-40-46(30)53-28-41(49(51)60)47(40)54-36-11-7-12-37(27-36)62-2)23-32-9-6-10-35(25-32)50(61)56-21-19-34-24-31(13-16-42(34)56)8-4-3-5-20-52-29-44(58)38-14-17-43(57)48-39(38)15-18-45(59)55-48/h6-7,9-18,22,24-28,44,52,57-58H,3-5,8,19-21,23,29H2,1-2H3,(H2,51,60)(H,53,54)(H,55,59)/t44-/m0/s1. The summed E-state index contributed by atoms with van der Waals surface area (Å²) in [6, 6.07) is 32.0. The third kappa shape index (κ3) is 9.02. The third-order valence-electron chi connectivity index (χ3n) is 11.6. The number of aromatic amines is 1. The monoisotopic (exact) mass is 830 g/mol. The molecule has 12 nitrogen and oxygen atoms in total. The molecule has 316 valence electrons. The predicted molar refractivity (Wildman–Crippen MR) is 244 cm³/mol. The molecule has 2 aromatic heterocycles. The number of phenolic OH excluding ortho intramolecular Hbond substituents is 1. The number of aromatic nitrogens is 2. The summed E-state index contributed by atoms with van der Waals surface area (Å²) < 4.78 is 5.41. The van der Waals surface area contributed by atoms with Crippen molar-refractivity contribution >= 4 is 50.7 Å². The summed E-state index contributed by atoms with van der Waals surface area (Å²) in [7, 11) is 1.60. The lowest BCUT2D eigenvalue weighted by atomic mass is 9.97. The Bertz CT molecular complexity index is 2870. The molecule has 0 aliphatic carbocycles. The number of rotatable bonds is 16. The van der Waals surface area contributed by atoms with E-state index >= 15 is 0 Å². The van der Waals surface area contributed by atoms with Crippen LogP contribution in [0.5, 0.6) is 11.5 Å². The molecule has 0 saturated carbocycles. The van der Waals surface area contributed by atoms with Crippen LogP contribution in [0.25, 0.3) is 21.8 Å². The quantitative estimate of drug-likeness (QED) is 0.0530. The number of aromatic hydroxyl groups is 1. The molecule has 7 aromatic rings. The molecule has 0 spiro atoms. The summed E-state index contributed by atoms with van der Waals surface area (Å²) in [5.74, 6) is 0.0348. The molecule has 7 N–H and O–H groups in total. The van der Waals surface area contributed by atoms with Crippen molar-refractivity contribution in [3.63, 3.8) is 0 Å². The number of hydrogen-bond donors (Lipinski definition) is 6. The second kappa shape index (κ2) is 18.3. The lowest BCUT2D eigenvalue weighted by molar-refractivity contribution is 0.0985. The summed E-state index contributed by atoms with van der Waals surface area (Å²) in [6.07, 6.45) is 6.04. The fraction of sp³-hybridized carbons (Fsp3) is 0.240. The Morgan fingerprint density at radius 2 is 1.77 bits per heavy atom. The number of primary amides is 1. The van der Waals surface area contributed by atoms with Crippen LogP contribution in [-0.2, 0) is 19.3 Å². The summed E-state index contributed by atoms with van der Waals surface area (Å²) in [5.41, 5.74) is 15.8. The third-order valence-corrected chi connectivity index (χ3v) is 11.6. The second-order valence-electron chi connectivity index (χ2n) is 15.9. The number of phenols is 1. The van der Waals surface area contributed by atoms with Crippen molar-refractivity contribution in [2.24, 2.45) is 5.73 Å². The zero-order valence-corrected chi connectivity index (χ0v) is 34.8. The van der Waals surface area contributed by atoms with E-state index < -0.39 is 12.0 Å². The molecule has 1 aliphatic rings. The number of ether oxygens (including phenoxy) is 1. The Morgan fingerprint density at radius 1 is 0.919 bits per heavy atom. The number of fused-ring (bicyclic) bond motifs is 3. The van der Waals surface area contributed by atoms with E-state index in [9.17, 15) is 24.6 Å². The number of anilines is 3. The largest absolute Gasteiger partial charge is 0.506 e. The molecule has 0 saturated heterocycles. The number of nitrogens with zero attached hydrogens (tertiary/aromatic N) is 2. The lowest BCUT2D eigenvalue weighted by Gasteiger charge is -2.18. The van der Waals surface area contributed by atoms with Gasteiger partial charge in [0.05, 0.1) is 35.5 Å². The van der Waals surface area contributed by atoms with Gasteiger partial charge >= 0.3 is 0 Å². The molecule has 0 fully saturated rings. The van der Waals surface area contributed by atoms with Gasteiger partial charge in [-0.15, -0.1) is 0 Å². The van der Waals surface area contributed by atoms with E-state index in [-0.39, 0.29) is 22.8 Å². The molecular weight excluding hydrogens is 781 g/mol. The van der Waals surface area contributed by atoms with Gasteiger partial charge in [-0.1, -0.05) is 48.9 Å². The summed E-state index contributed by atoms with van der Waals surface area (Å²) in [6.45, 7) is 3.74. The first-order chi connectivity index (χ1) is 30.1. The Morgan fingerprint density at radius 3 is 2.61 bits per heavy atom. The van der Waals surface area contributed by atoms with Gasteiger partial charge in [0.1, 0.15) is 11.5 Å². The van der Waals surface area contributed by atoms with E-state index in [2.05, 4.69) is 44.9 Å².